The quantitative estimate of drug-likeness (QED) is 0.192. The number of urea groups is 1. The first kappa shape index (κ1) is 30.1. The molecule has 2 saturated heterocycles. The molecule has 4 aromatic rings. The van der Waals surface area contributed by atoms with Crippen LogP contribution in [0.5, 0.6) is 0 Å². The van der Waals surface area contributed by atoms with Crippen LogP contribution in [0.2, 0.25) is 0 Å². The lowest BCUT2D eigenvalue weighted by Gasteiger charge is -2.40. The molecule has 6 rings (SSSR count). The van der Waals surface area contributed by atoms with Crippen LogP contribution in [0.25, 0.3) is 11.1 Å². The molecule has 0 unspecified atom stereocenters. The van der Waals surface area contributed by atoms with E-state index in [2.05, 4.69) is 56.8 Å². The molecule has 2 aliphatic rings. The second-order valence-corrected chi connectivity index (χ2v) is 12.2. The van der Waals surface area contributed by atoms with Gasteiger partial charge >= 0.3 is 6.03 Å². The molecule has 6 heteroatoms. The van der Waals surface area contributed by atoms with E-state index in [0.29, 0.717) is 0 Å². The van der Waals surface area contributed by atoms with Crippen molar-refractivity contribution < 1.29 is 9.90 Å². The first-order chi connectivity index (χ1) is 21.6. The molecular weight excluding hydrogens is 544 g/mol. The monoisotopic (exact) mass is 588 g/mol. The minimum atomic E-state index is -1.04. The van der Waals surface area contributed by atoms with E-state index in [-0.39, 0.29) is 18.1 Å². The number of hydrogen-bond donors (Lipinski definition) is 3. The summed E-state index contributed by atoms with van der Waals surface area (Å²) < 4.78 is 0. The number of rotatable bonds is 10. The lowest BCUT2D eigenvalue weighted by atomic mass is 9.79. The number of para-hydroxylation sites is 1. The number of amides is 2. The highest BCUT2D eigenvalue weighted by Crippen LogP contribution is 2.40. The molecule has 2 fully saturated rings. The largest absolute Gasteiger partial charge is 0.379 e. The van der Waals surface area contributed by atoms with Crippen molar-refractivity contribution in [2.75, 3.05) is 38.0 Å². The normalized spacial score (nSPS) is 18.2. The van der Waals surface area contributed by atoms with Gasteiger partial charge in [0.2, 0.25) is 0 Å². The Labute approximate surface area is 261 Å². The molecule has 228 valence electrons. The summed E-state index contributed by atoms with van der Waals surface area (Å²) >= 11 is 0. The number of anilines is 1. The van der Waals surface area contributed by atoms with Crippen LogP contribution in [0.3, 0.4) is 0 Å². The molecule has 1 atom stereocenters. The van der Waals surface area contributed by atoms with Crippen molar-refractivity contribution in [3.63, 3.8) is 0 Å². The maximum atomic E-state index is 12.9. The molecule has 0 spiro atoms. The van der Waals surface area contributed by atoms with Crippen LogP contribution in [0.4, 0.5) is 10.5 Å². The molecule has 2 amide bonds. The topological polar surface area (TPSA) is 67.8 Å². The fraction of sp³-hybridized carbons (Fsp3) is 0.342. The van der Waals surface area contributed by atoms with E-state index in [0.717, 1.165) is 92.8 Å². The fourth-order valence-corrected chi connectivity index (χ4v) is 7.11. The summed E-state index contributed by atoms with van der Waals surface area (Å²) in [5, 5.41) is 18.6. The van der Waals surface area contributed by atoms with Crippen molar-refractivity contribution in [2.45, 2.75) is 49.8 Å². The number of nitrogens with zero attached hydrogens (tertiary/aromatic N) is 2. The lowest BCUT2D eigenvalue weighted by molar-refractivity contribution is -0.00492. The van der Waals surface area contributed by atoms with Gasteiger partial charge in [-0.25, -0.2) is 4.79 Å². The average molecular weight is 589 g/mol. The Hall–Kier alpha value is -3.97. The molecule has 3 N–H and O–H groups in total. The highest BCUT2D eigenvalue weighted by molar-refractivity contribution is 5.94. The Morgan fingerprint density at radius 3 is 1.98 bits per heavy atom. The Morgan fingerprint density at radius 1 is 0.727 bits per heavy atom. The Balaban J connectivity index is 0.989. The molecule has 6 nitrogen and oxygen atoms in total. The maximum Gasteiger partial charge on any atom is 0.319 e. The molecule has 44 heavy (non-hydrogen) atoms. The zero-order valence-corrected chi connectivity index (χ0v) is 25.4. The minimum Gasteiger partial charge on any atom is -0.379 e. The van der Waals surface area contributed by atoms with Gasteiger partial charge in [-0.1, -0.05) is 109 Å². The van der Waals surface area contributed by atoms with Crippen LogP contribution in [-0.4, -0.2) is 65.7 Å². The maximum absolute atomic E-state index is 12.9. The fourth-order valence-electron chi connectivity index (χ4n) is 7.11. The van der Waals surface area contributed by atoms with Gasteiger partial charge in [0.05, 0.1) is 5.69 Å². The van der Waals surface area contributed by atoms with Crippen molar-refractivity contribution in [2.24, 2.45) is 0 Å². The Kier molecular flexibility index (Phi) is 9.71. The predicted molar refractivity (Wildman–Crippen MR) is 179 cm³/mol. The van der Waals surface area contributed by atoms with Gasteiger partial charge in [-0.3, -0.25) is 4.90 Å². The Morgan fingerprint density at radius 2 is 1.32 bits per heavy atom. The van der Waals surface area contributed by atoms with Gasteiger partial charge in [-0.2, -0.15) is 0 Å². The summed E-state index contributed by atoms with van der Waals surface area (Å²) in [4.78, 5) is 17.9. The van der Waals surface area contributed by atoms with E-state index in [4.69, 9.17) is 0 Å². The van der Waals surface area contributed by atoms with Gasteiger partial charge in [-0.05, 0) is 74.5 Å². The summed E-state index contributed by atoms with van der Waals surface area (Å²) in [5.41, 5.74) is 3.81. The first-order valence-electron chi connectivity index (χ1n) is 16.1. The van der Waals surface area contributed by atoms with Crippen LogP contribution in [-0.2, 0) is 5.60 Å². The van der Waals surface area contributed by atoms with Crippen LogP contribution >= 0.6 is 0 Å². The van der Waals surface area contributed by atoms with Crippen LogP contribution in [0.1, 0.15) is 43.2 Å². The van der Waals surface area contributed by atoms with Gasteiger partial charge in [0, 0.05) is 30.7 Å². The van der Waals surface area contributed by atoms with Gasteiger partial charge in [0.25, 0.3) is 0 Å². The van der Waals surface area contributed by atoms with Crippen LogP contribution < -0.4 is 10.6 Å². The summed E-state index contributed by atoms with van der Waals surface area (Å²) in [6, 6.07) is 38.5. The number of carbonyl (C=O) groups is 1. The summed E-state index contributed by atoms with van der Waals surface area (Å²) in [5.74, 6) is 0. The second-order valence-electron chi connectivity index (χ2n) is 12.2. The number of hydrogen-bond acceptors (Lipinski definition) is 4. The van der Waals surface area contributed by atoms with Crippen LogP contribution in [0.15, 0.2) is 115 Å². The van der Waals surface area contributed by atoms with Gasteiger partial charge in [0.15, 0.2) is 0 Å². The molecule has 0 bridgehead atoms. The van der Waals surface area contributed by atoms with Crippen molar-refractivity contribution in [3.05, 3.63) is 126 Å². The minimum absolute atomic E-state index is 0.0489. The number of aliphatic hydroxyl groups is 1. The third-order valence-electron chi connectivity index (χ3n) is 9.38. The van der Waals surface area contributed by atoms with E-state index >= 15 is 0 Å². The SMILES string of the molecule is O=C(Nc1ccccc1-c1ccccc1)NC1CCN(CCCN2CCC[C@@H]2C(O)(c2ccccc2)c2ccccc2)CC1. The van der Waals surface area contributed by atoms with E-state index in [1.54, 1.807) is 0 Å². The molecule has 0 saturated carbocycles. The van der Waals surface area contributed by atoms with Gasteiger partial charge in [0.1, 0.15) is 5.60 Å². The van der Waals surface area contributed by atoms with E-state index in [1.165, 1.54) is 0 Å². The summed E-state index contributed by atoms with van der Waals surface area (Å²) in [7, 11) is 0. The third kappa shape index (κ3) is 6.88. The van der Waals surface area contributed by atoms with Gasteiger partial charge in [-0.15, -0.1) is 0 Å². The van der Waals surface area contributed by atoms with E-state index in [1.807, 2.05) is 78.9 Å². The highest BCUT2D eigenvalue weighted by Gasteiger charge is 2.45. The smallest absolute Gasteiger partial charge is 0.319 e. The molecule has 2 heterocycles. The number of nitrogens with one attached hydrogen (secondary N) is 2. The number of benzene rings is 4. The molecule has 0 radical (unpaired) electrons. The third-order valence-corrected chi connectivity index (χ3v) is 9.38. The highest BCUT2D eigenvalue weighted by atomic mass is 16.3. The number of likely N-dealkylation sites (tertiary alicyclic amines) is 2. The summed E-state index contributed by atoms with van der Waals surface area (Å²) in [6.07, 6.45) is 5.03. The standard InChI is InChI=1S/C38H44N4O2/c43-37(40-35-21-11-10-20-34(35)30-14-4-1-5-15-30)39-33-23-28-41(29-24-33)25-13-27-42-26-12-22-36(42)38(44,31-16-6-2-7-17-31)32-18-8-3-9-19-32/h1-11,14-21,33,36,44H,12-13,22-29H2,(H2,39,40,43)/t36-/m1/s1. The van der Waals surface area contributed by atoms with Gasteiger partial charge < -0.3 is 20.6 Å². The second kappa shape index (κ2) is 14.2. The zero-order valence-electron chi connectivity index (χ0n) is 25.4. The molecule has 4 aromatic carbocycles. The molecule has 2 aliphatic heterocycles. The lowest BCUT2D eigenvalue weighted by Crippen LogP contribution is -2.49. The van der Waals surface area contributed by atoms with Crippen LogP contribution in [0, 0.1) is 0 Å². The molecule has 0 aromatic heterocycles. The zero-order chi connectivity index (χ0) is 30.2. The van der Waals surface area contributed by atoms with Crippen molar-refractivity contribution >= 4 is 11.7 Å². The molecular formula is C38H44N4O2. The molecule has 0 aliphatic carbocycles. The number of carbonyl (C=O) groups excluding carboxylic acids is 1. The average Bonchev–Trinajstić information content (AvgIpc) is 3.56. The van der Waals surface area contributed by atoms with E-state index in [9.17, 15) is 9.90 Å². The van der Waals surface area contributed by atoms with Crippen molar-refractivity contribution in [1.29, 1.82) is 0 Å². The summed E-state index contributed by atoms with van der Waals surface area (Å²) in [6.45, 7) is 4.97. The Bertz CT molecular complexity index is 1430. The van der Waals surface area contributed by atoms with E-state index < -0.39 is 5.60 Å². The first-order valence-corrected chi connectivity index (χ1v) is 16.1. The van der Waals surface area contributed by atoms with Crippen molar-refractivity contribution in [3.8, 4) is 11.1 Å². The number of piperidine rings is 1. The van der Waals surface area contributed by atoms with Crippen molar-refractivity contribution in [1.82, 2.24) is 15.1 Å². The predicted octanol–water partition coefficient (Wildman–Crippen LogP) is 6.73.